The Labute approximate surface area is 244 Å². The van der Waals surface area contributed by atoms with Gasteiger partial charge < -0.3 is 20.5 Å². The molecule has 3 N–H and O–H groups in total. The maximum absolute atomic E-state index is 14.8. The fraction of sp³-hybridized carbons (Fsp3) is 0.406. The van der Waals surface area contributed by atoms with E-state index >= 15 is 0 Å². The highest BCUT2D eigenvalue weighted by Gasteiger charge is 2.26. The zero-order valence-electron chi connectivity index (χ0n) is 24.4. The van der Waals surface area contributed by atoms with Crippen molar-refractivity contribution in [3.63, 3.8) is 0 Å². The van der Waals surface area contributed by atoms with Crippen molar-refractivity contribution >= 4 is 17.1 Å². The van der Waals surface area contributed by atoms with Crippen LogP contribution in [0.25, 0.3) is 16.8 Å². The van der Waals surface area contributed by atoms with Gasteiger partial charge in [-0.2, -0.15) is 5.10 Å². The molecule has 4 aromatic rings. The van der Waals surface area contributed by atoms with Crippen molar-refractivity contribution < 1.29 is 23.4 Å². The summed E-state index contributed by atoms with van der Waals surface area (Å²) in [7, 11) is 1.64. The molecule has 42 heavy (non-hydrogen) atoms. The predicted octanol–water partition coefficient (Wildman–Crippen LogP) is 6.54. The van der Waals surface area contributed by atoms with Crippen molar-refractivity contribution in [1.29, 1.82) is 0 Å². The fourth-order valence-electron chi connectivity index (χ4n) is 5.08. The Kier molecular flexibility index (Phi) is 8.61. The van der Waals surface area contributed by atoms with Crippen LogP contribution in [0, 0.1) is 18.6 Å². The second-order valence-electron chi connectivity index (χ2n) is 10.9. The van der Waals surface area contributed by atoms with Crippen LogP contribution in [0.2, 0.25) is 0 Å². The van der Waals surface area contributed by atoms with Crippen LogP contribution >= 0.6 is 0 Å². The summed E-state index contributed by atoms with van der Waals surface area (Å²) >= 11 is 0. The molecule has 3 heterocycles. The van der Waals surface area contributed by atoms with Gasteiger partial charge in [0.05, 0.1) is 16.9 Å². The van der Waals surface area contributed by atoms with Gasteiger partial charge in [0.2, 0.25) is 5.88 Å². The number of carbonyl (C=O) groups excluding carboxylic acids is 1. The first-order valence-corrected chi connectivity index (χ1v) is 14.6. The molecule has 1 atom stereocenters. The van der Waals surface area contributed by atoms with E-state index in [4.69, 9.17) is 4.74 Å². The lowest BCUT2D eigenvalue weighted by molar-refractivity contribution is 0.0949. The van der Waals surface area contributed by atoms with Crippen LogP contribution in [0.4, 0.5) is 14.5 Å². The third-order valence-corrected chi connectivity index (χ3v) is 7.51. The van der Waals surface area contributed by atoms with Crippen LogP contribution in [0.5, 0.6) is 11.6 Å². The van der Waals surface area contributed by atoms with Crippen LogP contribution in [-0.2, 0) is 6.42 Å². The molecule has 1 fully saturated rings. The fourth-order valence-corrected chi connectivity index (χ4v) is 5.08. The van der Waals surface area contributed by atoms with Crippen LogP contribution in [0.15, 0.2) is 36.4 Å². The van der Waals surface area contributed by atoms with Crippen molar-refractivity contribution in [1.82, 2.24) is 19.9 Å². The molecule has 10 heteroatoms. The Morgan fingerprint density at radius 2 is 1.90 bits per heavy atom. The molecule has 1 saturated carbocycles. The summed E-state index contributed by atoms with van der Waals surface area (Å²) in [5, 5.41) is 21.5. The summed E-state index contributed by atoms with van der Waals surface area (Å²) < 4.78 is 36.7. The van der Waals surface area contributed by atoms with Crippen molar-refractivity contribution in [3.8, 4) is 22.9 Å². The highest BCUT2D eigenvalue weighted by molar-refractivity contribution is 5.95. The molecule has 222 valence electrons. The van der Waals surface area contributed by atoms with E-state index in [-0.39, 0.29) is 47.0 Å². The van der Waals surface area contributed by atoms with Crippen LogP contribution in [-0.4, -0.2) is 45.3 Å². The third-order valence-electron chi connectivity index (χ3n) is 7.51. The van der Waals surface area contributed by atoms with Gasteiger partial charge in [-0.15, -0.1) is 0 Å². The number of aromatic nitrogens is 3. The maximum atomic E-state index is 14.8. The molecule has 0 aliphatic heterocycles. The van der Waals surface area contributed by atoms with Gasteiger partial charge in [0, 0.05) is 48.5 Å². The molecule has 0 radical (unpaired) electrons. The highest BCUT2D eigenvalue weighted by atomic mass is 19.1. The van der Waals surface area contributed by atoms with E-state index in [2.05, 4.69) is 27.6 Å². The summed E-state index contributed by atoms with van der Waals surface area (Å²) in [4.78, 5) is 18.1. The van der Waals surface area contributed by atoms with E-state index in [1.807, 2.05) is 19.1 Å². The molecule has 0 bridgehead atoms. The molecule has 0 spiro atoms. The first-order valence-electron chi connectivity index (χ1n) is 14.6. The van der Waals surface area contributed by atoms with E-state index in [0.717, 1.165) is 49.4 Å². The summed E-state index contributed by atoms with van der Waals surface area (Å²) in [6.07, 6.45) is 5.40. The number of aromatic hydroxyl groups is 1. The third kappa shape index (κ3) is 6.17. The second kappa shape index (κ2) is 12.3. The lowest BCUT2D eigenvalue weighted by atomic mass is 9.96. The van der Waals surface area contributed by atoms with Crippen molar-refractivity contribution in [2.75, 3.05) is 18.9 Å². The van der Waals surface area contributed by atoms with E-state index in [1.165, 1.54) is 13.0 Å². The number of benzene rings is 1. The number of amides is 1. The minimum absolute atomic E-state index is 0.00350. The molecule has 1 unspecified atom stereocenters. The van der Waals surface area contributed by atoms with Crippen LogP contribution < -0.4 is 15.4 Å². The average molecular weight is 578 g/mol. The predicted molar refractivity (Wildman–Crippen MR) is 158 cm³/mol. The van der Waals surface area contributed by atoms with E-state index in [0.29, 0.717) is 29.2 Å². The van der Waals surface area contributed by atoms with Gasteiger partial charge in [-0.1, -0.05) is 26.7 Å². The number of carbonyl (C=O) groups is 1. The summed E-state index contributed by atoms with van der Waals surface area (Å²) in [5.74, 6) is -1.66. The second-order valence-corrected chi connectivity index (χ2v) is 10.9. The van der Waals surface area contributed by atoms with Crippen LogP contribution in [0.3, 0.4) is 0 Å². The Morgan fingerprint density at radius 1 is 1.12 bits per heavy atom. The lowest BCUT2D eigenvalue weighted by Crippen LogP contribution is -2.29. The Hall–Kier alpha value is -4.21. The van der Waals surface area contributed by atoms with Gasteiger partial charge in [-0.25, -0.2) is 18.3 Å². The minimum Gasteiger partial charge on any atom is -0.504 e. The van der Waals surface area contributed by atoms with Gasteiger partial charge in [0.15, 0.2) is 5.75 Å². The maximum Gasteiger partial charge on any atom is 0.251 e. The normalized spacial score (nSPS) is 13.8. The zero-order valence-corrected chi connectivity index (χ0v) is 24.4. The molecule has 1 aliphatic carbocycles. The summed E-state index contributed by atoms with van der Waals surface area (Å²) in [6.45, 7) is 5.92. The first kappa shape index (κ1) is 29.3. The Morgan fingerprint density at radius 3 is 2.60 bits per heavy atom. The van der Waals surface area contributed by atoms with Crippen molar-refractivity contribution in [2.45, 2.75) is 71.3 Å². The number of aryl methyl sites for hydroxylation is 2. The van der Waals surface area contributed by atoms with Crippen LogP contribution in [0.1, 0.15) is 79.2 Å². The number of nitrogens with zero attached hydrogens (tertiary/aromatic N) is 3. The molecule has 5 rings (SSSR count). The molecule has 3 aromatic heterocycles. The average Bonchev–Trinajstić information content (AvgIpc) is 3.69. The molecule has 1 aromatic carbocycles. The van der Waals surface area contributed by atoms with Gasteiger partial charge >= 0.3 is 0 Å². The molecule has 8 nitrogen and oxygen atoms in total. The SMILES string of the molecule is CCCc1cc2cc(C(=O)NCC(CCC)c3cc(NC)c(O)c(-c4cc(C)c(F)cc4F)n3)cc(OC3CC3)n2n1. The monoisotopic (exact) mass is 577 g/mol. The van der Waals surface area contributed by atoms with Crippen molar-refractivity contribution in [2.24, 2.45) is 0 Å². The van der Waals surface area contributed by atoms with Gasteiger partial charge in [0.1, 0.15) is 23.4 Å². The number of hydrogen-bond donors (Lipinski definition) is 3. The Bertz CT molecular complexity index is 1620. The van der Waals surface area contributed by atoms with Crippen molar-refractivity contribution in [3.05, 3.63) is 70.5 Å². The smallest absolute Gasteiger partial charge is 0.251 e. The number of pyridine rings is 2. The molecule has 1 amide bonds. The molecule has 0 saturated heterocycles. The summed E-state index contributed by atoms with van der Waals surface area (Å²) in [5.41, 5.74) is 3.40. The highest BCUT2D eigenvalue weighted by Crippen LogP contribution is 2.38. The zero-order chi connectivity index (χ0) is 30.0. The molecular formula is C32H37F2N5O3. The number of nitrogens with one attached hydrogen (secondary N) is 2. The number of ether oxygens (including phenoxy) is 1. The minimum atomic E-state index is -0.818. The van der Waals surface area contributed by atoms with E-state index in [9.17, 15) is 18.7 Å². The quantitative estimate of drug-likeness (QED) is 0.177. The van der Waals surface area contributed by atoms with Gasteiger partial charge in [-0.05, 0) is 62.4 Å². The number of hydrogen-bond acceptors (Lipinski definition) is 6. The topological polar surface area (TPSA) is 101 Å². The van der Waals surface area contributed by atoms with Gasteiger partial charge in [-0.3, -0.25) is 4.79 Å². The molecular weight excluding hydrogens is 540 g/mol. The largest absolute Gasteiger partial charge is 0.504 e. The number of halogens is 2. The standard InChI is InChI=1S/C32H37F2N5O3/c1-5-7-19(27-16-28(35-4)31(40)30(37-27)24-11-18(3)25(33)15-26(24)34)17-36-32(41)20-12-22-14-21(8-6-2)38-39(22)29(13-20)42-23-9-10-23/h11-16,19,23,40H,5-10,17H2,1-4H3,(H,35,37)(H,36,41). The Balaban J connectivity index is 1.43. The van der Waals surface area contributed by atoms with E-state index in [1.54, 1.807) is 23.7 Å². The first-order chi connectivity index (χ1) is 20.2. The number of rotatable bonds is 12. The van der Waals surface area contributed by atoms with E-state index < -0.39 is 11.6 Å². The lowest BCUT2D eigenvalue weighted by Gasteiger charge is -2.20. The van der Waals surface area contributed by atoms with Gasteiger partial charge in [0.25, 0.3) is 5.91 Å². The number of fused-ring (bicyclic) bond motifs is 1. The number of anilines is 1. The summed E-state index contributed by atoms with van der Waals surface area (Å²) in [6, 6.07) is 9.36. The molecule has 1 aliphatic rings.